The van der Waals surface area contributed by atoms with Crippen molar-refractivity contribution in [2.75, 3.05) is 13.2 Å². The first kappa shape index (κ1) is 13.2. The molecule has 1 rings (SSSR count). The van der Waals surface area contributed by atoms with Crippen molar-refractivity contribution < 1.29 is 14.4 Å². The molecule has 0 saturated carbocycles. The van der Waals surface area contributed by atoms with E-state index in [4.69, 9.17) is 39.6 Å². The van der Waals surface area contributed by atoms with Crippen LogP contribution in [0.5, 0.6) is 0 Å². The van der Waals surface area contributed by atoms with Gasteiger partial charge in [-0.15, -0.1) is 0 Å². The average Bonchev–Trinajstić information content (AvgIpc) is 2.47. The number of nitrogens with one attached hydrogen (secondary N) is 1. The fourth-order valence-corrected chi connectivity index (χ4v) is 1.25. The highest BCUT2D eigenvalue weighted by Gasteiger charge is 2.26. The number of rotatable bonds is 2. The van der Waals surface area contributed by atoms with Gasteiger partial charge >= 0.3 is 6.09 Å². The quantitative estimate of drug-likeness (QED) is 0.784. The predicted octanol–water partition coefficient (Wildman–Crippen LogP) is 2.19. The van der Waals surface area contributed by atoms with Crippen LogP contribution in [0.1, 0.15) is 0 Å². The van der Waals surface area contributed by atoms with Crippen molar-refractivity contribution in [2.24, 2.45) is 5.16 Å². The van der Waals surface area contributed by atoms with Gasteiger partial charge in [0, 0.05) is 0 Å². The molecule has 15 heavy (non-hydrogen) atoms. The summed E-state index contributed by atoms with van der Waals surface area (Å²) in [5.74, 6) is 0. The van der Waals surface area contributed by atoms with Crippen molar-refractivity contribution in [3.63, 3.8) is 0 Å². The van der Waals surface area contributed by atoms with Crippen molar-refractivity contribution in [2.45, 2.75) is 9.83 Å². The first-order chi connectivity index (χ1) is 6.88. The number of nitrogens with zero attached hydrogens (tertiary/aromatic N) is 1. The fourth-order valence-electron chi connectivity index (χ4n) is 0.738. The van der Waals surface area contributed by atoms with E-state index in [1.807, 2.05) is 0 Å². The van der Waals surface area contributed by atoms with Gasteiger partial charge in [-0.05, 0) is 15.9 Å². The Morgan fingerprint density at radius 2 is 2.40 bits per heavy atom. The molecule has 0 unspecified atom stereocenters. The SMILES string of the molecule is O=C(N[C@@H]1CON=C1Br)OCC(Cl)(Cl)Cl. The molecule has 0 bridgehead atoms. The van der Waals surface area contributed by atoms with Crippen LogP contribution in [0, 0.1) is 0 Å². The van der Waals surface area contributed by atoms with E-state index in [-0.39, 0.29) is 19.3 Å². The Hall–Kier alpha value is 0.0900. The average molecular weight is 340 g/mol. The van der Waals surface area contributed by atoms with Crippen LogP contribution in [0.15, 0.2) is 5.16 Å². The summed E-state index contributed by atoms with van der Waals surface area (Å²) in [7, 11) is 0. The molecule has 1 N–H and O–H groups in total. The van der Waals surface area contributed by atoms with E-state index in [1.54, 1.807) is 0 Å². The minimum Gasteiger partial charge on any atom is -0.445 e. The Bertz CT molecular complexity index is 281. The zero-order valence-electron chi connectivity index (χ0n) is 7.18. The molecule has 1 aliphatic heterocycles. The van der Waals surface area contributed by atoms with Gasteiger partial charge in [0.2, 0.25) is 3.79 Å². The Kier molecular flexibility index (Phi) is 4.76. The van der Waals surface area contributed by atoms with Gasteiger partial charge in [-0.2, -0.15) is 0 Å². The number of alkyl carbamates (subject to hydrolysis) is 1. The summed E-state index contributed by atoms with van der Waals surface area (Å²) >= 11 is 19.3. The molecule has 86 valence electrons. The molecule has 1 heterocycles. The number of hydrogen-bond donors (Lipinski definition) is 1. The molecule has 1 atom stereocenters. The highest BCUT2D eigenvalue weighted by atomic mass is 79.9. The highest BCUT2D eigenvalue weighted by Crippen LogP contribution is 2.25. The van der Waals surface area contributed by atoms with Crippen molar-refractivity contribution in [1.82, 2.24) is 5.32 Å². The van der Waals surface area contributed by atoms with Crippen molar-refractivity contribution in [3.05, 3.63) is 0 Å². The van der Waals surface area contributed by atoms with Crippen LogP contribution in [0.2, 0.25) is 0 Å². The van der Waals surface area contributed by atoms with E-state index < -0.39 is 9.89 Å². The number of ether oxygens (including phenoxy) is 1. The molecule has 0 aliphatic carbocycles. The lowest BCUT2D eigenvalue weighted by molar-refractivity contribution is 0.133. The van der Waals surface area contributed by atoms with Crippen LogP contribution in [-0.2, 0) is 9.57 Å². The summed E-state index contributed by atoms with van der Waals surface area (Å²) in [4.78, 5) is 15.9. The van der Waals surface area contributed by atoms with E-state index in [0.717, 1.165) is 0 Å². The molecule has 1 aliphatic rings. The minimum absolute atomic E-state index is 0.240. The lowest BCUT2D eigenvalue weighted by Gasteiger charge is -2.13. The van der Waals surface area contributed by atoms with Gasteiger partial charge in [0.15, 0.2) is 0 Å². The molecule has 1 amide bonds. The molecule has 0 saturated heterocycles. The third-order valence-corrected chi connectivity index (χ3v) is 2.36. The van der Waals surface area contributed by atoms with Gasteiger partial charge in [0.05, 0.1) is 0 Å². The molecule has 5 nitrogen and oxygen atoms in total. The Morgan fingerprint density at radius 1 is 1.73 bits per heavy atom. The minimum atomic E-state index is -1.62. The van der Waals surface area contributed by atoms with Crippen LogP contribution in [-0.4, -0.2) is 33.8 Å². The Morgan fingerprint density at radius 3 is 2.87 bits per heavy atom. The molecule has 0 radical (unpaired) electrons. The first-order valence-corrected chi connectivity index (χ1v) is 5.66. The maximum Gasteiger partial charge on any atom is 0.407 e. The van der Waals surface area contributed by atoms with Crippen molar-refractivity contribution in [1.29, 1.82) is 0 Å². The van der Waals surface area contributed by atoms with Gasteiger partial charge < -0.3 is 14.9 Å². The van der Waals surface area contributed by atoms with Gasteiger partial charge in [-0.3, -0.25) is 0 Å². The smallest absolute Gasteiger partial charge is 0.407 e. The largest absolute Gasteiger partial charge is 0.445 e. The molecule has 0 fully saturated rings. The molecule has 0 aromatic carbocycles. The number of amides is 1. The Balaban J connectivity index is 2.28. The number of carbonyl (C=O) groups is 1. The van der Waals surface area contributed by atoms with E-state index in [1.165, 1.54) is 0 Å². The van der Waals surface area contributed by atoms with Gasteiger partial charge in [0.25, 0.3) is 0 Å². The second kappa shape index (κ2) is 5.43. The number of halogens is 4. The van der Waals surface area contributed by atoms with E-state index in [2.05, 4.69) is 31.1 Å². The molecule has 0 spiro atoms. The van der Waals surface area contributed by atoms with E-state index >= 15 is 0 Å². The molecule has 0 aromatic rings. The zero-order valence-corrected chi connectivity index (χ0v) is 11.0. The molecular weight excluding hydrogens is 334 g/mol. The maximum absolute atomic E-state index is 11.2. The summed E-state index contributed by atoms with van der Waals surface area (Å²) in [6.07, 6.45) is -0.705. The van der Waals surface area contributed by atoms with Crippen molar-refractivity contribution in [3.8, 4) is 0 Å². The Labute approximate surface area is 109 Å². The third kappa shape index (κ3) is 5.10. The van der Waals surface area contributed by atoms with Gasteiger partial charge in [0.1, 0.15) is 23.9 Å². The predicted molar refractivity (Wildman–Crippen MR) is 60.9 cm³/mol. The lowest BCUT2D eigenvalue weighted by Crippen LogP contribution is -2.40. The molecule has 0 aromatic heterocycles. The zero-order chi connectivity index (χ0) is 11.5. The summed E-state index contributed by atoms with van der Waals surface area (Å²) < 4.78 is 3.50. The van der Waals surface area contributed by atoms with Crippen molar-refractivity contribution >= 4 is 61.4 Å². The molecular formula is C6H6BrCl3N2O3. The van der Waals surface area contributed by atoms with Crippen LogP contribution >= 0.6 is 50.7 Å². The monoisotopic (exact) mass is 338 g/mol. The van der Waals surface area contributed by atoms with Gasteiger partial charge in [-0.25, -0.2) is 4.79 Å². The number of oxime groups is 1. The summed E-state index contributed by atoms with van der Waals surface area (Å²) in [6.45, 7) is -0.0880. The number of carbonyl (C=O) groups excluding carboxylic acids is 1. The molecule has 9 heteroatoms. The van der Waals surface area contributed by atoms with Crippen LogP contribution < -0.4 is 5.32 Å². The third-order valence-electron chi connectivity index (χ3n) is 1.34. The van der Waals surface area contributed by atoms with Crippen LogP contribution in [0.4, 0.5) is 4.79 Å². The maximum atomic E-state index is 11.2. The summed E-state index contributed by atoms with van der Waals surface area (Å²) in [5, 5.41) is 6.03. The van der Waals surface area contributed by atoms with E-state index in [0.29, 0.717) is 4.62 Å². The highest BCUT2D eigenvalue weighted by molar-refractivity contribution is 9.18. The van der Waals surface area contributed by atoms with Crippen LogP contribution in [0.25, 0.3) is 0 Å². The summed E-state index contributed by atoms with van der Waals surface area (Å²) in [6, 6.07) is -0.368. The topological polar surface area (TPSA) is 59.9 Å². The fraction of sp³-hybridized carbons (Fsp3) is 0.667. The number of hydrogen-bond acceptors (Lipinski definition) is 4. The second-order valence-electron chi connectivity index (χ2n) is 2.60. The van der Waals surface area contributed by atoms with E-state index in [9.17, 15) is 4.79 Å². The standard InChI is InChI=1S/C6H6BrCl3N2O3/c7-4-3(1-15-12-4)11-5(13)14-2-6(8,9)10/h3H,1-2H2,(H,11,13)/t3-/m1/s1. The lowest BCUT2D eigenvalue weighted by atomic mass is 10.4. The first-order valence-electron chi connectivity index (χ1n) is 3.74. The van der Waals surface area contributed by atoms with Crippen LogP contribution in [0.3, 0.4) is 0 Å². The number of alkyl halides is 3. The normalized spacial score (nSPS) is 20.5. The summed E-state index contributed by atoms with van der Waals surface area (Å²) in [5.41, 5.74) is 0. The second-order valence-corrected chi connectivity index (χ2v) is 5.93. The van der Waals surface area contributed by atoms with Gasteiger partial charge in [-0.1, -0.05) is 40.0 Å².